The van der Waals surface area contributed by atoms with Gasteiger partial charge in [0.15, 0.2) is 0 Å². The number of halogens is 3. The summed E-state index contributed by atoms with van der Waals surface area (Å²) in [5.74, 6) is -0.787. The van der Waals surface area contributed by atoms with Crippen LogP contribution in [-0.4, -0.2) is 122 Å². The van der Waals surface area contributed by atoms with Gasteiger partial charge in [-0.25, -0.2) is 23.1 Å². The van der Waals surface area contributed by atoms with Crippen LogP contribution in [0, 0.1) is 31.0 Å². The maximum Gasteiger partial charge on any atom is 0.272 e. The smallest absolute Gasteiger partial charge is 0.272 e. The molecule has 0 radical (unpaired) electrons. The lowest BCUT2D eigenvalue weighted by molar-refractivity contribution is -0.160. The summed E-state index contributed by atoms with van der Waals surface area (Å²) < 4.78 is 42.0. The number of likely N-dealkylation sites (tertiary alicyclic amines) is 3. The molecule has 10 rings (SSSR count). The Morgan fingerprint density at radius 2 is 1.00 bits per heavy atom. The van der Waals surface area contributed by atoms with Gasteiger partial charge in [0.1, 0.15) is 11.6 Å². The standard InChI is InChI=1S/C12H23N.C10H15N.C9H12FN.C9H15N.C9H13N.C8H12N2.C8H17NO.C8H13N.C7H13F2N/c1-12(2,3)10-6-8-13(9-7-10)11-4-5-11;1-8-7-9(5-6-11-8)10(2,3)4;1-9(2,3)8-7(10)5-4-6-11-8;1-8-6-5-7-10(8)9(2,3)4;1-9(2,3)8-6-4-5-7-10-8;1-8(2,3)7-9-5-4-6-10-7;1-8(2,3)9-5-4-7(10)6-9;1-8(2,3)9-6-4-5-7-9;1-6(2,3)10-4-7(8,9)5-10/h10-11H,4-9H2,1-3H3;5-7H,1-4H3;4-6H,1-3H3;5-7H,1-4H3;4-7H,1-3H3;4-6H,1-3H3;7,10H,4-6H2,1-3H3;4-7H,1-3H3;4-5H2,1-3H3/t;;;;;;7-;;/m......1../s1. The lowest BCUT2D eigenvalue weighted by Gasteiger charge is -2.47. The predicted octanol–water partition coefficient (Wildman–Crippen LogP) is 19.6. The van der Waals surface area contributed by atoms with Gasteiger partial charge in [0.05, 0.1) is 24.9 Å². The van der Waals surface area contributed by atoms with Crippen molar-refractivity contribution < 1.29 is 18.3 Å². The van der Waals surface area contributed by atoms with E-state index in [1.165, 1.54) is 56.1 Å². The summed E-state index contributed by atoms with van der Waals surface area (Å²) in [6.45, 7) is 66.6. The van der Waals surface area contributed by atoms with Crippen molar-refractivity contribution in [2.45, 2.75) is 295 Å². The first kappa shape index (κ1) is 84.8. The van der Waals surface area contributed by atoms with Crippen molar-refractivity contribution >= 4 is 0 Å². The predicted molar refractivity (Wildman–Crippen MR) is 393 cm³/mol. The van der Waals surface area contributed by atoms with Gasteiger partial charge in [-0.2, -0.15) is 0 Å². The van der Waals surface area contributed by atoms with E-state index < -0.39 is 5.92 Å². The molecule has 0 unspecified atom stereocenters. The highest BCUT2D eigenvalue weighted by atomic mass is 19.3. The Bertz CT molecular complexity index is 2940. The maximum absolute atomic E-state index is 13.0. The minimum absolute atomic E-state index is 0.0707. The average Bonchev–Trinajstić information content (AvgIpc) is 0.930. The Kier molecular flexibility index (Phi) is 32.3. The molecule has 1 N–H and O–H groups in total. The Hall–Kier alpha value is -5.28. The van der Waals surface area contributed by atoms with Gasteiger partial charge in [0.2, 0.25) is 0 Å². The molecular formula is C80H133F3N10O. The van der Waals surface area contributed by atoms with E-state index in [1.54, 1.807) is 29.6 Å². The molecule has 14 heteroatoms. The third-order valence-electron chi connectivity index (χ3n) is 16.7. The van der Waals surface area contributed by atoms with Gasteiger partial charge in [-0.15, -0.1) is 0 Å². The van der Waals surface area contributed by atoms with Crippen LogP contribution >= 0.6 is 0 Å². The van der Waals surface area contributed by atoms with Crippen molar-refractivity contribution in [1.82, 2.24) is 48.8 Å². The quantitative estimate of drug-likeness (QED) is 0.172. The Balaban J connectivity index is 0.000000361. The molecule has 6 aromatic heterocycles. The van der Waals surface area contributed by atoms with Crippen LogP contribution in [-0.2, 0) is 32.7 Å². The number of β-amino-alcohol motifs (C(OH)–C–C–N with tert-alkyl or cyclic N) is 1. The summed E-state index contributed by atoms with van der Waals surface area (Å²) in [5, 5.41) is 9.22. The van der Waals surface area contributed by atoms with E-state index in [0.717, 1.165) is 48.7 Å². The number of aryl methyl sites for hydroxylation is 2. The van der Waals surface area contributed by atoms with Gasteiger partial charge < -0.3 is 19.1 Å². The molecule has 4 aliphatic rings. The van der Waals surface area contributed by atoms with Gasteiger partial charge in [0.25, 0.3) is 5.92 Å². The summed E-state index contributed by atoms with van der Waals surface area (Å²) in [5.41, 5.74) is 6.89. The molecule has 0 bridgehead atoms. The number of piperidine rings is 1. The van der Waals surface area contributed by atoms with E-state index >= 15 is 0 Å². The zero-order chi connectivity index (χ0) is 72.1. The molecule has 1 aliphatic carbocycles. The van der Waals surface area contributed by atoms with Gasteiger partial charge >= 0.3 is 0 Å². The minimum atomic E-state index is -2.42. The Morgan fingerprint density at radius 3 is 1.28 bits per heavy atom. The number of aliphatic hydroxyl groups excluding tert-OH is 1. The zero-order valence-corrected chi connectivity index (χ0v) is 64.6. The third-order valence-corrected chi connectivity index (χ3v) is 16.7. The van der Waals surface area contributed by atoms with Crippen LogP contribution in [0.4, 0.5) is 13.2 Å². The fraction of sp³-hybridized carbons (Fsp3) is 0.662. The number of pyridine rings is 3. The fourth-order valence-corrected chi connectivity index (χ4v) is 10.4. The summed E-state index contributed by atoms with van der Waals surface area (Å²) >= 11 is 0. The lowest BCUT2D eigenvalue weighted by Crippen LogP contribution is -2.62. The normalized spacial score (nSPS) is 17.4. The highest BCUT2D eigenvalue weighted by Crippen LogP contribution is 2.38. The molecule has 3 saturated heterocycles. The zero-order valence-electron chi connectivity index (χ0n) is 64.6. The largest absolute Gasteiger partial charge is 0.392 e. The number of aliphatic hydroxyl groups is 1. The first-order valence-corrected chi connectivity index (χ1v) is 34.5. The Labute approximate surface area is 572 Å². The molecule has 6 aromatic rings. The number of rotatable bonds is 1. The molecular weight excluding hydrogens is 1170 g/mol. The van der Waals surface area contributed by atoms with Crippen LogP contribution in [0.2, 0.25) is 0 Å². The first-order chi connectivity index (χ1) is 42.7. The van der Waals surface area contributed by atoms with E-state index in [0.29, 0.717) is 11.1 Å². The van der Waals surface area contributed by atoms with Crippen LogP contribution in [0.5, 0.6) is 0 Å². The van der Waals surface area contributed by atoms with E-state index in [9.17, 15) is 18.3 Å². The van der Waals surface area contributed by atoms with Crippen LogP contribution in [0.1, 0.15) is 253 Å². The minimum Gasteiger partial charge on any atom is -0.392 e. The van der Waals surface area contributed by atoms with E-state index in [2.05, 4.69) is 245 Å². The van der Waals surface area contributed by atoms with E-state index in [-0.39, 0.29) is 68.8 Å². The molecule has 1 saturated carbocycles. The molecule has 4 fully saturated rings. The first-order valence-electron chi connectivity index (χ1n) is 34.5. The molecule has 0 amide bonds. The van der Waals surface area contributed by atoms with Crippen LogP contribution in [0.3, 0.4) is 0 Å². The highest BCUT2D eigenvalue weighted by molar-refractivity contribution is 5.23. The van der Waals surface area contributed by atoms with Crippen molar-refractivity contribution in [3.8, 4) is 0 Å². The SMILES string of the molecule is CC(C)(C)C1CCN(C2CC2)CC1.CC(C)(C)N1CC(F)(F)C1.CC(C)(C)N1CC[C@@H](O)C1.CC(C)(C)c1ccccn1.CC(C)(C)c1ncccc1F.CC(C)(C)c1ncccn1.CC(C)(C)n1cccc1.Cc1cc(C(C)(C)C)ccn1.Cc1cccn1C(C)(C)C. The van der Waals surface area contributed by atoms with Crippen LogP contribution in [0.25, 0.3) is 0 Å². The number of nitrogens with zero attached hydrogens (tertiary/aromatic N) is 10. The molecule has 1 atom stereocenters. The summed E-state index contributed by atoms with van der Waals surface area (Å²) in [7, 11) is 0. The fourth-order valence-electron chi connectivity index (χ4n) is 10.4. The summed E-state index contributed by atoms with van der Waals surface area (Å²) in [4.78, 5) is 27.5. The van der Waals surface area contributed by atoms with Crippen molar-refractivity contribution in [2.24, 2.45) is 11.3 Å². The van der Waals surface area contributed by atoms with Gasteiger partial charge in [-0.05, 0) is 231 Å². The van der Waals surface area contributed by atoms with Gasteiger partial charge in [-0.3, -0.25) is 24.8 Å². The molecule has 530 valence electrons. The Morgan fingerprint density at radius 1 is 0.468 bits per heavy atom. The number of aromatic nitrogens is 7. The molecule has 0 spiro atoms. The topological polar surface area (TPSA) is 104 Å². The van der Waals surface area contributed by atoms with Crippen molar-refractivity contribution in [2.75, 3.05) is 39.3 Å². The van der Waals surface area contributed by atoms with Crippen LogP contribution < -0.4 is 0 Å². The molecule has 94 heavy (non-hydrogen) atoms. The van der Waals surface area contributed by atoms with E-state index in [4.69, 9.17) is 0 Å². The highest BCUT2D eigenvalue weighted by Gasteiger charge is 2.47. The van der Waals surface area contributed by atoms with Gasteiger partial charge in [0, 0.05) is 124 Å². The van der Waals surface area contributed by atoms with Crippen molar-refractivity contribution in [3.05, 3.63) is 162 Å². The third kappa shape index (κ3) is 33.1. The molecule has 11 nitrogen and oxygen atoms in total. The second-order valence-corrected chi connectivity index (χ2v) is 35.1. The second-order valence-electron chi connectivity index (χ2n) is 35.1. The van der Waals surface area contributed by atoms with Crippen molar-refractivity contribution in [1.29, 1.82) is 0 Å². The molecule has 9 heterocycles. The summed E-state index contributed by atoms with van der Waals surface area (Å²) in [6, 6.07) is 24.4. The summed E-state index contributed by atoms with van der Waals surface area (Å²) in [6.07, 6.45) is 21.8. The number of alkyl halides is 2. The van der Waals surface area contributed by atoms with Crippen LogP contribution in [0.15, 0.2) is 122 Å². The monoisotopic (exact) mass is 1310 g/mol. The molecule has 0 aromatic carbocycles. The van der Waals surface area contributed by atoms with E-state index in [1.807, 2.05) is 91.2 Å². The second kappa shape index (κ2) is 35.8. The average molecular weight is 1310 g/mol. The number of hydrogen-bond donors (Lipinski definition) is 1. The molecule has 3 aliphatic heterocycles. The van der Waals surface area contributed by atoms with Crippen molar-refractivity contribution in [3.63, 3.8) is 0 Å². The number of hydrogen-bond acceptors (Lipinski definition) is 9. The maximum atomic E-state index is 13.0. The van der Waals surface area contributed by atoms with Gasteiger partial charge in [-0.1, -0.05) is 110 Å². The lowest BCUT2D eigenvalue weighted by atomic mass is 9.75.